The van der Waals surface area contributed by atoms with Crippen molar-refractivity contribution >= 4 is 35.5 Å². The van der Waals surface area contributed by atoms with Gasteiger partial charge in [0.05, 0.1) is 0 Å². The molecular formula is C25H24N6O6S. The summed E-state index contributed by atoms with van der Waals surface area (Å²) in [5.74, 6) is -1.96. The van der Waals surface area contributed by atoms with Crippen LogP contribution in [0.5, 0.6) is 0 Å². The van der Waals surface area contributed by atoms with Crippen molar-refractivity contribution < 1.29 is 28.7 Å². The fraction of sp³-hybridized carbons (Fsp3) is 0.320. The van der Waals surface area contributed by atoms with Gasteiger partial charge in [0.25, 0.3) is 0 Å². The Morgan fingerprint density at radius 2 is 1.74 bits per heavy atom. The Morgan fingerprint density at radius 3 is 2.32 bits per heavy atom. The van der Waals surface area contributed by atoms with Gasteiger partial charge in [-0.3, -0.25) is 14.4 Å². The number of carbonyl (C=O) groups is 4. The summed E-state index contributed by atoms with van der Waals surface area (Å²) in [6.07, 6.45) is -0.357. The predicted molar refractivity (Wildman–Crippen MR) is 133 cm³/mol. The van der Waals surface area contributed by atoms with E-state index in [1.165, 1.54) is 34.6 Å². The third-order valence-electron chi connectivity index (χ3n) is 6.17. The average molecular weight is 537 g/mol. The topological polar surface area (TPSA) is 146 Å². The molecule has 1 unspecified atom stereocenters. The molecule has 2 fully saturated rings. The molecule has 2 aliphatic heterocycles. The first-order valence-corrected chi connectivity index (χ1v) is 12.9. The van der Waals surface area contributed by atoms with Gasteiger partial charge in [-0.15, -0.1) is 16.9 Å². The van der Waals surface area contributed by atoms with Crippen molar-refractivity contribution in [1.29, 1.82) is 0 Å². The Balaban J connectivity index is 1.36. The highest BCUT2D eigenvalue weighted by molar-refractivity contribution is 8.00. The molecule has 2 aromatic carbocycles. The van der Waals surface area contributed by atoms with Crippen LogP contribution in [0.2, 0.25) is 0 Å². The van der Waals surface area contributed by atoms with Gasteiger partial charge in [-0.25, -0.2) is 9.48 Å². The zero-order valence-corrected chi connectivity index (χ0v) is 21.1. The molecule has 38 heavy (non-hydrogen) atoms. The molecule has 0 saturated carbocycles. The standard InChI is InChI=1S/C25H24N6O6S/c1-15(32)36-18-13-38-24-20(27-19(33)12-30-14-26-28-29-30)23(34)31(24)21(18)25(35)37-22(16-8-4-2-5-9-16)17-10-6-3-7-11-17/h2-11,14,18,20-22,24H,12-13H2,1H3,(H,27,33)/t18?,20-,21-,24-/m1/s1. The summed E-state index contributed by atoms with van der Waals surface area (Å²) in [7, 11) is 0. The molecular weight excluding hydrogens is 512 g/mol. The minimum Gasteiger partial charge on any atom is -0.459 e. The fourth-order valence-corrected chi connectivity index (χ4v) is 5.93. The summed E-state index contributed by atoms with van der Waals surface area (Å²) in [5.41, 5.74) is 1.50. The van der Waals surface area contributed by atoms with Crippen molar-refractivity contribution in [1.82, 2.24) is 30.4 Å². The van der Waals surface area contributed by atoms with Gasteiger partial charge in [-0.2, -0.15) is 0 Å². The zero-order chi connectivity index (χ0) is 26.6. The van der Waals surface area contributed by atoms with E-state index in [-0.39, 0.29) is 12.3 Å². The molecule has 0 aliphatic carbocycles. The summed E-state index contributed by atoms with van der Waals surface area (Å²) >= 11 is 1.32. The molecule has 3 heterocycles. The molecule has 0 bridgehead atoms. The van der Waals surface area contributed by atoms with E-state index in [9.17, 15) is 19.2 Å². The highest BCUT2D eigenvalue weighted by atomic mass is 32.2. The van der Waals surface area contributed by atoms with Crippen molar-refractivity contribution in [3.05, 3.63) is 78.1 Å². The lowest BCUT2D eigenvalue weighted by atomic mass is 9.98. The van der Waals surface area contributed by atoms with Crippen LogP contribution in [0.15, 0.2) is 67.0 Å². The molecule has 2 saturated heterocycles. The van der Waals surface area contributed by atoms with Crippen LogP contribution < -0.4 is 5.32 Å². The van der Waals surface area contributed by atoms with Crippen molar-refractivity contribution in [2.45, 2.75) is 43.1 Å². The minimum absolute atomic E-state index is 0.161. The second-order valence-electron chi connectivity index (χ2n) is 8.75. The number of nitrogens with zero attached hydrogens (tertiary/aromatic N) is 5. The number of ether oxygens (including phenoxy) is 2. The molecule has 3 aromatic rings. The van der Waals surface area contributed by atoms with Crippen LogP contribution in [-0.2, 0) is 35.2 Å². The van der Waals surface area contributed by atoms with Gasteiger partial charge >= 0.3 is 11.9 Å². The molecule has 0 radical (unpaired) electrons. The summed E-state index contributed by atoms with van der Waals surface area (Å²) in [6, 6.07) is 16.5. The van der Waals surface area contributed by atoms with E-state index in [4.69, 9.17) is 9.47 Å². The Labute approximate surface area is 221 Å². The third-order valence-corrected chi connectivity index (χ3v) is 7.54. The normalized spacial score (nSPS) is 22.3. The monoisotopic (exact) mass is 536 g/mol. The molecule has 13 heteroatoms. The maximum absolute atomic E-state index is 13.7. The van der Waals surface area contributed by atoms with Crippen LogP contribution >= 0.6 is 11.8 Å². The first-order chi connectivity index (χ1) is 18.4. The number of fused-ring (bicyclic) bond motifs is 1. The largest absolute Gasteiger partial charge is 0.459 e. The molecule has 2 aliphatic rings. The average Bonchev–Trinajstić information content (AvgIpc) is 3.43. The Bertz CT molecular complexity index is 1270. The minimum atomic E-state index is -1.17. The number of amides is 2. The van der Waals surface area contributed by atoms with E-state index in [1.54, 1.807) is 0 Å². The zero-order valence-electron chi connectivity index (χ0n) is 20.2. The molecule has 12 nitrogen and oxygen atoms in total. The number of rotatable bonds is 8. The van der Waals surface area contributed by atoms with E-state index < -0.39 is 53.4 Å². The van der Waals surface area contributed by atoms with Crippen molar-refractivity contribution in [2.75, 3.05) is 5.75 Å². The lowest BCUT2D eigenvalue weighted by Crippen LogP contribution is -2.77. The SMILES string of the molecule is CC(=O)OC1CS[C@@H]2[C@H](NC(=O)Cn3cnnn3)C(=O)N2[C@H]1C(=O)OC(c1ccccc1)c1ccccc1. The molecule has 5 rings (SSSR count). The number of β-lactam (4-membered cyclic amide) rings is 1. The van der Waals surface area contributed by atoms with E-state index in [0.29, 0.717) is 0 Å². The molecule has 1 N–H and O–H groups in total. The summed E-state index contributed by atoms with van der Waals surface area (Å²) in [6.45, 7) is 1.08. The number of hydrogen-bond acceptors (Lipinski definition) is 10. The number of hydrogen-bond donors (Lipinski definition) is 1. The van der Waals surface area contributed by atoms with Gasteiger partial charge in [-0.1, -0.05) is 60.7 Å². The second-order valence-corrected chi connectivity index (χ2v) is 9.90. The quantitative estimate of drug-likeness (QED) is 0.323. The molecule has 4 atom stereocenters. The number of esters is 2. The first kappa shape index (κ1) is 25.4. The van der Waals surface area contributed by atoms with Gasteiger partial charge in [0.15, 0.2) is 12.1 Å². The lowest BCUT2D eigenvalue weighted by molar-refractivity contribution is -0.178. The van der Waals surface area contributed by atoms with E-state index >= 15 is 0 Å². The van der Waals surface area contributed by atoms with E-state index in [0.717, 1.165) is 11.1 Å². The van der Waals surface area contributed by atoms with Crippen LogP contribution in [0.4, 0.5) is 0 Å². The molecule has 0 spiro atoms. The van der Waals surface area contributed by atoms with Crippen LogP contribution in [0.1, 0.15) is 24.2 Å². The van der Waals surface area contributed by atoms with Gasteiger partial charge < -0.3 is 19.7 Å². The van der Waals surface area contributed by atoms with Gasteiger partial charge in [0.1, 0.15) is 30.4 Å². The maximum Gasteiger partial charge on any atom is 0.333 e. The smallest absolute Gasteiger partial charge is 0.333 e. The number of benzene rings is 2. The highest BCUT2D eigenvalue weighted by Gasteiger charge is 2.59. The predicted octanol–water partition coefficient (Wildman–Crippen LogP) is 0.706. The lowest BCUT2D eigenvalue weighted by Gasteiger charge is -2.54. The summed E-state index contributed by atoms with van der Waals surface area (Å²) in [4.78, 5) is 52.5. The van der Waals surface area contributed by atoms with E-state index in [2.05, 4.69) is 20.8 Å². The fourth-order valence-electron chi connectivity index (χ4n) is 4.52. The van der Waals surface area contributed by atoms with Crippen molar-refractivity contribution in [3.8, 4) is 0 Å². The maximum atomic E-state index is 13.7. The second kappa shape index (κ2) is 11.0. The Morgan fingerprint density at radius 1 is 1.08 bits per heavy atom. The van der Waals surface area contributed by atoms with Crippen LogP contribution in [0.3, 0.4) is 0 Å². The summed E-state index contributed by atoms with van der Waals surface area (Å²) in [5, 5.41) is 12.8. The van der Waals surface area contributed by atoms with Crippen LogP contribution in [0, 0.1) is 0 Å². The summed E-state index contributed by atoms with van der Waals surface area (Å²) < 4.78 is 12.7. The number of nitrogens with one attached hydrogen (secondary N) is 1. The highest BCUT2D eigenvalue weighted by Crippen LogP contribution is 2.40. The van der Waals surface area contributed by atoms with Gasteiger partial charge in [0.2, 0.25) is 11.8 Å². The number of aromatic nitrogens is 4. The third kappa shape index (κ3) is 5.23. The number of carbonyl (C=O) groups excluding carboxylic acids is 4. The first-order valence-electron chi connectivity index (χ1n) is 11.8. The Hall–Kier alpha value is -4.26. The van der Waals surface area contributed by atoms with Crippen molar-refractivity contribution in [3.63, 3.8) is 0 Å². The van der Waals surface area contributed by atoms with Gasteiger partial charge in [-0.05, 0) is 21.6 Å². The molecule has 196 valence electrons. The van der Waals surface area contributed by atoms with Crippen LogP contribution in [-0.4, -0.2) is 78.2 Å². The molecule has 2 amide bonds. The Kier molecular flexibility index (Phi) is 7.36. The number of tetrazole rings is 1. The molecule has 1 aromatic heterocycles. The van der Waals surface area contributed by atoms with Crippen molar-refractivity contribution in [2.24, 2.45) is 0 Å². The van der Waals surface area contributed by atoms with E-state index in [1.807, 2.05) is 60.7 Å². The number of thioether (sulfide) groups is 1. The van der Waals surface area contributed by atoms with Crippen LogP contribution in [0.25, 0.3) is 0 Å². The van der Waals surface area contributed by atoms with Gasteiger partial charge in [0, 0.05) is 12.7 Å².